The molecule has 5 heteroatoms. The van der Waals surface area contributed by atoms with Gasteiger partial charge in [-0.25, -0.2) is 0 Å². The molecule has 2 rings (SSSR count). The first kappa shape index (κ1) is 15.0. The lowest BCUT2D eigenvalue weighted by Gasteiger charge is -2.17. The van der Waals surface area contributed by atoms with E-state index in [4.69, 9.17) is 0 Å². The number of amides is 1. The summed E-state index contributed by atoms with van der Waals surface area (Å²) in [4.78, 5) is 12.1. The predicted molar refractivity (Wildman–Crippen MR) is 77.3 cm³/mol. The van der Waals surface area contributed by atoms with E-state index in [9.17, 15) is 9.90 Å². The van der Waals surface area contributed by atoms with Gasteiger partial charge in [-0.2, -0.15) is 5.10 Å². The van der Waals surface area contributed by atoms with Gasteiger partial charge in [0.15, 0.2) is 0 Å². The predicted octanol–water partition coefficient (Wildman–Crippen LogP) is 1.48. The lowest BCUT2D eigenvalue weighted by atomic mass is 9.98. The summed E-state index contributed by atoms with van der Waals surface area (Å²) in [5.74, 6) is 0.205. The van der Waals surface area contributed by atoms with Crippen molar-refractivity contribution < 1.29 is 9.90 Å². The zero-order valence-electron chi connectivity index (χ0n) is 12.6. The van der Waals surface area contributed by atoms with Crippen LogP contribution in [0.4, 0.5) is 0 Å². The number of aromatic amines is 1. The van der Waals surface area contributed by atoms with Crippen LogP contribution >= 0.6 is 0 Å². The molecular weight excluding hydrogens is 254 g/mol. The number of nitrogens with one attached hydrogen (secondary N) is 2. The highest BCUT2D eigenvalue weighted by molar-refractivity contribution is 5.78. The number of hydrogen-bond acceptors (Lipinski definition) is 3. The Morgan fingerprint density at radius 1 is 1.50 bits per heavy atom. The van der Waals surface area contributed by atoms with Crippen molar-refractivity contribution in [3.8, 4) is 0 Å². The molecule has 0 bridgehead atoms. The van der Waals surface area contributed by atoms with Crippen LogP contribution in [0, 0.1) is 25.7 Å². The van der Waals surface area contributed by atoms with Gasteiger partial charge < -0.3 is 10.4 Å². The van der Waals surface area contributed by atoms with Crippen molar-refractivity contribution in [2.24, 2.45) is 11.8 Å². The first-order valence-electron chi connectivity index (χ1n) is 7.45. The van der Waals surface area contributed by atoms with Crippen LogP contribution in [0.2, 0.25) is 0 Å². The quantitative estimate of drug-likeness (QED) is 0.764. The Balaban J connectivity index is 1.83. The van der Waals surface area contributed by atoms with E-state index >= 15 is 0 Å². The van der Waals surface area contributed by atoms with Crippen molar-refractivity contribution in [1.82, 2.24) is 15.5 Å². The summed E-state index contributed by atoms with van der Waals surface area (Å²) >= 11 is 0. The second kappa shape index (κ2) is 6.39. The summed E-state index contributed by atoms with van der Waals surface area (Å²) in [7, 11) is 0. The van der Waals surface area contributed by atoms with Crippen molar-refractivity contribution in [2.75, 3.05) is 6.54 Å². The molecule has 1 aromatic heterocycles. The zero-order valence-corrected chi connectivity index (χ0v) is 12.6. The van der Waals surface area contributed by atoms with E-state index in [0.29, 0.717) is 13.0 Å². The fraction of sp³-hybridized carbons (Fsp3) is 0.733. The molecule has 1 heterocycles. The minimum absolute atomic E-state index is 0.0594. The fourth-order valence-corrected chi connectivity index (χ4v) is 2.93. The Labute approximate surface area is 120 Å². The molecule has 1 amide bonds. The van der Waals surface area contributed by atoms with Crippen LogP contribution in [0.3, 0.4) is 0 Å². The average Bonchev–Trinajstić information content (AvgIpc) is 2.96. The summed E-state index contributed by atoms with van der Waals surface area (Å²) in [6.45, 7) is 6.47. The summed E-state index contributed by atoms with van der Waals surface area (Å²) in [5, 5.41) is 19.8. The first-order valence-corrected chi connectivity index (χ1v) is 7.45. The largest absolute Gasteiger partial charge is 0.393 e. The van der Waals surface area contributed by atoms with Gasteiger partial charge in [0.1, 0.15) is 0 Å². The molecule has 3 N–H and O–H groups in total. The normalized spacial score (nSPS) is 23.8. The lowest BCUT2D eigenvalue weighted by Crippen LogP contribution is -2.36. The topological polar surface area (TPSA) is 78.0 Å². The molecule has 0 aromatic carbocycles. The molecule has 5 nitrogen and oxygen atoms in total. The number of hydrogen-bond donors (Lipinski definition) is 3. The molecule has 1 aromatic rings. The molecular formula is C15H25N3O2. The Bertz CT molecular complexity index is 450. The molecule has 1 fully saturated rings. The molecule has 1 saturated carbocycles. The van der Waals surface area contributed by atoms with Crippen LogP contribution in [-0.2, 0) is 11.2 Å². The highest BCUT2D eigenvalue weighted by atomic mass is 16.3. The summed E-state index contributed by atoms with van der Waals surface area (Å²) in [6, 6.07) is 0. The van der Waals surface area contributed by atoms with E-state index in [1.165, 1.54) is 0 Å². The number of aryl methyl sites for hydroxylation is 2. The first-order chi connectivity index (χ1) is 9.49. The summed E-state index contributed by atoms with van der Waals surface area (Å²) in [5.41, 5.74) is 3.13. The number of carbonyl (C=O) groups is 1. The highest BCUT2D eigenvalue weighted by Crippen LogP contribution is 2.24. The molecule has 112 valence electrons. The monoisotopic (exact) mass is 279 g/mol. The molecule has 0 saturated heterocycles. The second-order valence-electron chi connectivity index (χ2n) is 6.02. The van der Waals surface area contributed by atoms with E-state index in [2.05, 4.69) is 15.5 Å². The van der Waals surface area contributed by atoms with Crippen LogP contribution in [0.1, 0.15) is 43.1 Å². The number of nitrogens with zero attached hydrogens (tertiary/aromatic N) is 1. The minimum atomic E-state index is -0.246. The van der Waals surface area contributed by atoms with Crippen molar-refractivity contribution in [3.05, 3.63) is 17.0 Å². The highest BCUT2D eigenvalue weighted by Gasteiger charge is 2.26. The standard InChI is InChI=1S/C15H25N3O2/c1-9(7-13-10(2)17-18-11(13)3)15(20)16-8-12-5-4-6-14(12)19/h9,12,14,19H,4-8H2,1-3H3,(H,16,20)(H,17,18). The van der Waals surface area contributed by atoms with Gasteiger partial charge in [0, 0.05) is 24.1 Å². The Kier molecular flexibility index (Phi) is 4.81. The van der Waals surface area contributed by atoms with Crippen LogP contribution in [0.15, 0.2) is 0 Å². The SMILES string of the molecule is Cc1n[nH]c(C)c1CC(C)C(=O)NCC1CCCC1O. The van der Waals surface area contributed by atoms with E-state index in [1.807, 2.05) is 20.8 Å². The van der Waals surface area contributed by atoms with Crippen molar-refractivity contribution >= 4 is 5.91 Å². The van der Waals surface area contributed by atoms with Gasteiger partial charge in [-0.15, -0.1) is 0 Å². The molecule has 0 spiro atoms. The number of aliphatic hydroxyl groups is 1. The van der Waals surface area contributed by atoms with E-state index in [1.54, 1.807) is 0 Å². The Hall–Kier alpha value is -1.36. The summed E-state index contributed by atoms with van der Waals surface area (Å²) in [6.07, 6.45) is 3.39. The van der Waals surface area contributed by atoms with Crippen LogP contribution in [0.5, 0.6) is 0 Å². The summed E-state index contributed by atoms with van der Waals surface area (Å²) < 4.78 is 0. The van der Waals surface area contributed by atoms with Gasteiger partial charge in [-0.3, -0.25) is 9.89 Å². The molecule has 3 unspecified atom stereocenters. The number of aromatic nitrogens is 2. The van der Waals surface area contributed by atoms with Gasteiger partial charge in [-0.05, 0) is 38.7 Å². The van der Waals surface area contributed by atoms with Crippen molar-refractivity contribution in [1.29, 1.82) is 0 Å². The van der Waals surface area contributed by atoms with Crippen LogP contribution in [0.25, 0.3) is 0 Å². The van der Waals surface area contributed by atoms with E-state index < -0.39 is 0 Å². The Morgan fingerprint density at radius 2 is 2.25 bits per heavy atom. The molecule has 0 aliphatic heterocycles. The molecule has 20 heavy (non-hydrogen) atoms. The van der Waals surface area contributed by atoms with E-state index in [0.717, 1.165) is 36.2 Å². The van der Waals surface area contributed by atoms with Gasteiger partial charge in [0.25, 0.3) is 0 Å². The third-order valence-electron chi connectivity index (χ3n) is 4.40. The molecule has 0 radical (unpaired) electrons. The lowest BCUT2D eigenvalue weighted by molar-refractivity contribution is -0.124. The third kappa shape index (κ3) is 3.39. The molecule has 1 aliphatic carbocycles. The zero-order chi connectivity index (χ0) is 14.7. The molecule has 1 aliphatic rings. The smallest absolute Gasteiger partial charge is 0.223 e. The third-order valence-corrected chi connectivity index (χ3v) is 4.40. The van der Waals surface area contributed by atoms with Gasteiger partial charge in [-0.1, -0.05) is 13.3 Å². The van der Waals surface area contributed by atoms with Crippen molar-refractivity contribution in [2.45, 2.75) is 52.6 Å². The Morgan fingerprint density at radius 3 is 2.80 bits per heavy atom. The van der Waals surface area contributed by atoms with E-state index in [-0.39, 0.29) is 23.8 Å². The van der Waals surface area contributed by atoms with Gasteiger partial charge >= 0.3 is 0 Å². The maximum absolute atomic E-state index is 12.1. The minimum Gasteiger partial charge on any atom is -0.393 e. The number of rotatable bonds is 5. The maximum Gasteiger partial charge on any atom is 0.223 e. The van der Waals surface area contributed by atoms with Gasteiger partial charge in [0.05, 0.1) is 11.8 Å². The maximum atomic E-state index is 12.1. The van der Waals surface area contributed by atoms with Crippen LogP contribution < -0.4 is 5.32 Å². The average molecular weight is 279 g/mol. The van der Waals surface area contributed by atoms with Crippen molar-refractivity contribution in [3.63, 3.8) is 0 Å². The molecule has 3 atom stereocenters. The fourth-order valence-electron chi connectivity index (χ4n) is 2.93. The number of H-pyrrole nitrogens is 1. The van der Waals surface area contributed by atoms with Crippen LogP contribution in [-0.4, -0.2) is 33.9 Å². The number of carbonyl (C=O) groups excluding carboxylic acids is 1. The number of aliphatic hydroxyl groups excluding tert-OH is 1. The van der Waals surface area contributed by atoms with Gasteiger partial charge in [0.2, 0.25) is 5.91 Å². The second-order valence-corrected chi connectivity index (χ2v) is 6.02.